The van der Waals surface area contributed by atoms with Crippen LogP contribution in [0.25, 0.3) is 0 Å². The van der Waals surface area contributed by atoms with E-state index in [9.17, 15) is 13.6 Å². The highest BCUT2D eigenvalue weighted by Crippen LogP contribution is 2.11. The van der Waals surface area contributed by atoms with E-state index in [1.54, 1.807) is 0 Å². The number of carbonyl (C=O) groups excluding carboxylic acids is 1. The van der Waals surface area contributed by atoms with Gasteiger partial charge in [-0.05, 0) is 11.2 Å². The molecule has 1 amide bonds. The average Bonchev–Trinajstić information content (AvgIpc) is 2.78. The molecule has 0 radical (unpaired) electrons. The van der Waals surface area contributed by atoms with E-state index in [4.69, 9.17) is 0 Å². The molecule has 0 bridgehead atoms. The maximum absolute atomic E-state index is 11.8. The Kier molecular flexibility index (Phi) is 3.36. The molecule has 18 heavy (non-hydrogen) atoms. The SMILES string of the molecule is O=C(Nc1ccnnc1)c1noc(OC(F)F)n1. The molecular weight excluding hydrogens is 252 g/mol. The second-order valence-corrected chi connectivity index (χ2v) is 2.85. The van der Waals surface area contributed by atoms with Crippen molar-refractivity contribution in [2.45, 2.75) is 6.61 Å². The third-order valence-electron chi connectivity index (χ3n) is 1.64. The van der Waals surface area contributed by atoms with Gasteiger partial charge in [-0.1, -0.05) is 0 Å². The summed E-state index contributed by atoms with van der Waals surface area (Å²) in [5.74, 6) is -1.20. The molecule has 10 heteroatoms. The summed E-state index contributed by atoms with van der Waals surface area (Å²) in [6.45, 7) is -3.11. The van der Waals surface area contributed by atoms with Crippen molar-refractivity contribution in [1.82, 2.24) is 20.3 Å². The molecular formula is C8H5F2N5O3. The molecule has 0 fully saturated rings. The zero-order valence-corrected chi connectivity index (χ0v) is 8.58. The number of nitrogens with zero attached hydrogens (tertiary/aromatic N) is 4. The fourth-order valence-electron chi connectivity index (χ4n) is 0.978. The van der Waals surface area contributed by atoms with Crippen molar-refractivity contribution in [2.75, 3.05) is 5.32 Å². The van der Waals surface area contributed by atoms with E-state index in [2.05, 4.69) is 34.9 Å². The van der Waals surface area contributed by atoms with E-state index < -0.39 is 24.4 Å². The van der Waals surface area contributed by atoms with Crippen molar-refractivity contribution in [3.8, 4) is 6.08 Å². The Morgan fingerprint density at radius 2 is 2.28 bits per heavy atom. The Hall–Kier alpha value is -2.65. The standard InChI is InChI=1S/C8H5F2N5O3/c9-7(10)17-8-14-5(15-18-8)6(16)13-4-1-2-11-12-3-4/h1-3,7H,(H,11,13,16). The van der Waals surface area contributed by atoms with Gasteiger partial charge in [0.2, 0.25) is 0 Å². The summed E-state index contributed by atoms with van der Waals surface area (Å²) in [5, 5.41) is 12.6. The van der Waals surface area contributed by atoms with E-state index in [-0.39, 0.29) is 0 Å². The number of carbonyl (C=O) groups is 1. The van der Waals surface area contributed by atoms with Crippen LogP contribution in [0.1, 0.15) is 10.6 Å². The zero-order chi connectivity index (χ0) is 13.0. The number of anilines is 1. The van der Waals surface area contributed by atoms with Gasteiger partial charge in [0.1, 0.15) is 0 Å². The molecule has 8 nitrogen and oxygen atoms in total. The van der Waals surface area contributed by atoms with Crippen LogP contribution in [0.3, 0.4) is 0 Å². The monoisotopic (exact) mass is 257 g/mol. The van der Waals surface area contributed by atoms with Gasteiger partial charge in [-0.15, -0.1) is 4.98 Å². The summed E-state index contributed by atoms with van der Waals surface area (Å²) >= 11 is 0. The molecule has 0 atom stereocenters. The number of alkyl halides is 2. The number of amides is 1. The minimum Gasteiger partial charge on any atom is -0.386 e. The number of rotatable bonds is 4. The first-order valence-corrected chi connectivity index (χ1v) is 4.51. The first-order chi connectivity index (χ1) is 8.65. The number of halogens is 2. The van der Waals surface area contributed by atoms with Gasteiger partial charge in [0.25, 0.3) is 11.7 Å². The summed E-state index contributed by atoms with van der Waals surface area (Å²) in [7, 11) is 0. The molecule has 94 valence electrons. The first-order valence-electron chi connectivity index (χ1n) is 4.51. The lowest BCUT2D eigenvalue weighted by molar-refractivity contribution is -0.0700. The predicted molar refractivity (Wildman–Crippen MR) is 50.9 cm³/mol. The molecule has 1 N–H and O–H groups in total. The van der Waals surface area contributed by atoms with Crippen LogP contribution < -0.4 is 10.1 Å². The molecule has 2 aromatic heterocycles. The summed E-state index contributed by atoms with van der Waals surface area (Å²) in [6, 6.07) is 1.47. The van der Waals surface area contributed by atoms with Gasteiger partial charge in [0.05, 0.1) is 18.1 Å². The highest BCUT2D eigenvalue weighted by molar-refractivity contribution is 6.01. The van der Waals surface area contributed by atoms with Crippen molar-refractivity contribution in [3.63, 3.8) is 0 Å². The van der Waals surface area contributed by atoms with Gasteiger partial charge in [-0.2, -0.15) is 19.0 Å². The molecule has 0 aliphatic carbocycles. The van der Waals surface area contributed by atoms with E-state index in [1.165, 1.54) is 18.5 Å². The molecule has 0 saturated carbocycles. The van der Waals surface area contributed by atoms with Crippen LogP contribution in [0.5, 0.6) is 6.08 Å². The maximum Gasteiger partial charge on any atom is 0.422 e. The Labute approximate surface area is 98.0 Å². The molecule has 0 unspecified atom stereocenters. The molecule has 2 heterocycles. The molecule has 0 aliphatic rings. The highest BCUT2D eigenvalue weighted by Gasteiger charge is 2.18. The number of hydrogen-bond donors (Lipinski definition) is 1. The van der Waals surface area contributed by atoms with Crippen molar-refractivity contribution in [3.05, 3.63) is 24.3 Å². The van der Waals surface area contributed by atoms with E-state index in [1.807, 2.05) is 0 Å². The lowest BCUT2D eigenvalue weighted by Crippen LogP contribution is -2.14. The van der Waals surface area contributed by atoms with Crippen molar-refractivity contribution >= 4 is 11.6 Å². The van der Waals surface area contributed by atoms with Crippen LogP contribution in [0.2, 0.25) is 0 Å². The first kappa shape index (κ1) is 11.8. The lowest BCUT2D eigenvalue weighted by Gasteiger charge is -1.99. The van der Waals surface area contributed by atoms with Crippen molar-refractivity contribution in [1.29, 1.82) is 0 Å². The van der Waals surface area contributed by atoms with Gasteiger partial charge < -0.3 is 10.1 Å². The lowest BCUT2D eigenvalue weighted by atomic mass is 10.4. The van der Waals surface area contributed by atoms with Crippen LogP contribution in [-0.2, 0) is 0 Å². The number of hydrogen-bond acceptors (Lipinski definition) is 7. The van der Waals surface area contributed by atoms with E-state index in [0.717, 1.165) is 0 Å². The van der Waals surface area contributed by atoms with Crippen LogP contribution in [0.15, 0.2) is 23.0 Å². The quantitative estimate of drug-likeness (QED) is 0.860. The smallest absolute Gasteiger partial charge is 0.386 e. The van der Waals surface area contributed by atoms with Gasteiger partial charge in [0, 0.05) is 0 Å². The van der Waals surface area contributed by atoms with E-state index in [0.29, 0.717) is 5.69 Å². The summed E-state index contributed by atoms with van der Waals surface area (Å²) in [5.41, 5.74) is 0.344. The Bertz CT molecular complexity index is 533. The summed E-state index contributed by atoms with van der Waals surface area (Å²) in [4.78, 5) is 14.8. The minimum absolute atomic E-state index is 0.344. The molecule has 2 aromatic rings. The summed E-state index contributed by atoms with van der Waals surface area (Å²) in [6.07, 6.45) is 1.86. The average molecular weight is 257 g/mol. The molecule has 0 spiro atoms. The molecule has 0 aliphatic heterocycles. The molecule has 2 rings (SSSR count). The molecule has 0 saturated heterocycles. The molecule has 0 aromatic carbocycles. The van der Waals surface area contributed by atoms with Gasteiger partial charge in [-0.3, -0.25) is 9.32 Å². The van der Waals surface area contributed by atoms with Gasteiger partial charge in [-0.25, -0.2) is 0 Å². The van der Waals surface area contributed by atoms with Crippen LogP contribution >= 0.6 is 0 Å². The Morgan fingerprint density at radius 3 is 2.94 bits per heavy atom. The van der Waals surface area contributed by atoms with Crippen molar-refractivity contribution < 1.29 is 22.8 Å². The number of ether oxygens (including phenoxy) is 1. The Morgan fingerprint density at radius 1 is 1.44 bits per heavy atom. The van der Waals surface area contributed by atoms with Gasteiger partial charge in [0.15, 0.2) is 0 Å². The topological polar surface area (TPSA) is 103 Å². The third kappa shape index (κ3) is 2.93. The van der Waals surface area contributed by atoms with Crippen molar-refractivity contribution in [2.24, 2.45) is 0 Å². The van der Waals surface area contributed by atoms with Crippen LogP contribution in [0, 0.1) is 0 Å². The van der Waals surface area contributed by atoms with Crippen LogP contribution in [0.4, 0.5) is 14.5 Å². The second-order valence-electron chi connectivity index (χ2n) is 2.85. The van der Waals surface area contributed by atoms with Crippen LogP contribution in [-0.4, -0.2) is 32.9 Å². The fourth-order valence-corrected chi connectivity index (χ4v) is 0.978. The Balaban J connectivity index is 2.03. The number of nitrogens with one attached hydrogen (secondary N) is 1. The van der Waals surface area contributed by atoms with E-state index >= 15 is 0 Å². The normalized spacial score (nSPS) is 10.4. The number of aromatic nitrogens is 4. The zero-order valence-electron chi connectivity index (χ0n) is 8.58. The second kappa shape index (κ2) is 5.12. The third-order valence-corrected chi connectivity index (χ3v) is 1.64. The highest BCUT2D eigenvalue weighted by atomic mass is 19.3. The maximum atomic E-state index is 11.8. The minimum atomic E-state index is -3.11. The van der Waals surface area contributed by atoms with Gasteiger partial charge >= 0.3 is 12.7 Å². The summed E-state index contributed by atoms with van der Waals surface area (Å²) < 4.78 is 31.7. The largest absolute Gasteiger partial charge is 0.422 e. The fraction of sp³-hybridized carbons (Fsp3) is 0.125. The predicted octanol–water partition coefficient (Wildman–Crippen LogP) is 0.713.